The molecule has 0 aliphatic carbocycles. The number of alkyl halides is 1. The second-order valence-electron chi connectivity index (χ2n) is 5.21. The molecular weight excluding hydrogens is 320 g/mol. The molecule has 0 aliphatic rings. The molecule has 0 bridgehead atoms. The Hall–Kier alpha value is -0.790. The number of benzene rings is 2. The van der Waals surface area contributed by atoms with Crippen LogP contribution in [0.3, 0.4) is 0 Å². The highest BCUT2D eigenvalue weighted by molar-refractivity contribution is 9.10. The van der Waals surface area contributed by atoms with Crippen molar-refractivity contribution in [1.29, 1.82) is 0 Å². The van der Waals surface area contributed by atoms with Crippen molar-refractivity contribution in [3.63, 3.8) is 0 Å². The third-order valence-electron chi connectivity index (χ3n) is 3.32. The van der Waals surface area contributed by atoms with Gasteiger partial charge in [0.05, 0.1) is 5.38 Å². The lowest BCUT2D eigenvalue weighted by atomic mass is 9.98. The third-order valence-corrected chi connectivity index (χ3v) is 4.53. The van der Waals surface area contributed by atoms with Crippen LogP contribution in [0.4, 0.5) is 0 Å². The maximum Gasteiger partial charge on any atom is 0.0846 e. The molecule has 2 aromatic rings. The molecule has 0 fully saturated rings. The second-order valence-corrected chi connectivity index (χ2v) is 6.50. The first-order chi connectivity index (χ1) is 8.99. The van der Waals surface area contributed by atoms with Gasteiger partial charge < -0.3 is 0 Å². The largest absolute Gasteiger partial charge is 0.113 e. The molecule has 100 valence electrons. The van der Waals surface area contributed by atoms with E-state index in [0.29, 0.717) is 5.92 Å². The fourth-order valence-electron chi connectivity index (χ4n) is 2.09. The van der Waals surface area contributed by atoms with E-state index in [1.807, 2.05) is 0 Å². The lowest BCUT2D eigenvalue weighted by Crippen LogP contribution is -1.96. The summed E-state index contributed by atoms with van der Waals surface area (Å²) in [5, 5.41) is -0.115. The predicted molar refractivity (Wildman–Crippen MR) is 87.1 cm³/mol. The van der Waals surface area contributed by atoms with Crippen LogP contribution in [0.2, 0.25) is 0 Å². The van der Waals surface area contributed by atoms with E-state index in [4.69, 9.17) is 11.6 Å². The van der Waals surface area contributed by atoms with E-state index in [1.165, 1.54) is 11.1 Å². The fourth-order valence-corrected chi connectivity index (χ4v) is 3.02. The molecule has 2 rings (SSSR count). The van der Waals surface area contributed by atoms with Crippen molar-refractivity contribution in [3.05, 3.63) is 69.2 Å². The summed E-state index contributed by atoms with van der Waals surface area (Å²) in [5.74, 6) is 0.550. The molecule has 2 aromatic carbocycles. The summed E-state index contributed by atoms with van der Waals surface area (Å²) in [6, 6.07) is 14.9. The van der Waals surface area contributed by atoms with Gasteiger partial charge in [-0.3, -0.25) is 0 Å². The maximum absolute atomic E-state index is 6.61. The molecule has 0 aromatic heterocycles. The molecule has 1 unspecified atom stereocenters. The zero-order valence-corrected chi connectivity index (χ0v) is 13.8. The maximum atomic E-state index is 6.61. The Balaban J connectivity index is 2.33. The highest BCUT2D eigenvalue weighted by atomic mass is 79.9. The highest BCUT2D eigenvalue weighted by Gasteiger charge is 2.14. The van der Waals surface area contributed by atoms with Crippen LogP contribution in [0.25, 0.3) is 0 Å². The lowest BCUT2D eigenvalue weighted by Gasteiger charge is -2.14. The smallest absolute Gasteiger partial charge is 0.0846 e. The summed E-state index contributed by atoms with van der Waals surface area (Å²) < 4.78 is 1.06. The van der Waals surface area contributed by atoms with Gasteiger partial charge in [0.1, 0.15) is 0 Å². The van der Waals surface area contributed by atoms with Crippen LogP contribution < -0.4 is 0 Å². The van der Waals surface area contributed by atoms with Crippen molar-refractivity contribution in [1.82, 2.24) is 0 Å². The minimum absolute atomic E-state index is 0.115. The van der Waals surface area contributed by atoms with Crippen LogP contribution in [0.1, 0.15) is 47.4 Å². The van der Waals surface area contributed by atoms with E-state index < -0.39 is 0 Å². The summed E-state index contributed by atoms with van der Waals surface area (Å²) in [7, 11) is 0. The van der Waals surface area contributed by atoms with Gasteiger partial charge in [-0.2, -0.15) is 0 Å². The molecule has 0 radical (unpaired) electrons. The minimum Gasteiger partial charge on any atom is -0.113 e. The first-order valence-electron chi connectivity index (χ1n) is 6.49. The predicted octanol–water partition coefficient (Wildman–Crippen LogP) is 6.21. The van der Waals surface area contributed by atoms with Gasteiger partial charge in [0.25, 0.3) is 0 Å². The second kappa shape index (κ2) is 6.11. The van der Waals surface area contributed by atoms with E-state index >= 15 is 0 Å². The summed E-state index contributed by atoms with van der Waals surface area (Å²) >= 11 is 10.2. The Kier molecular flexibility index (Phi) is 4.70. The van der Waals surface area contributed by atoms with Crippen molar-refractivity contribution in [2.24, 2.45) is 0 Å². The van der Waals surface area contributed by atoms with Gasteiger partial charge in [-0.15, -0.1) is 11.6 Å². The summed E-state index contributed by atoms with van der Waals surface area (Å²) in [6.45, 7) is 6.48. The van der Waals surface area contributed by atoms with E-state index in [1.54, 1.807) is 0 Å². The van der Waals surface area contributed by atoms with E-state index in [0.717, 1.165) is 15.6 Å². The zero-order valence-electron chi connectivity index (χ0n) is 11.5. The van der Waals surface area contributed by atoms with Crippen LogP contribution in [-0.4, -0.2) is 0 Å². The minimum atomic E-state index is -0.115. The molecular formula is C17H18BrCl. The normalized spacial score (nSPS) is 12.7. The number of hydrogen-bond donors (Lipinski definition) is 0. The molecule has 0 amide bonds. The van der Waals surface area contributed by atoms with Crippen molar-refractivity contribution >= 4 is 27.5 Å². The number of halogens is 2. The molecule has 1 atom stereocenters. The highest BCUT2D eigenvalue weighted by Crippen LogP contribution is 2.34. The molecule has 0 spiro atoms. The molecule has 0 saturated heterocycles. The third kappa shape index (κ3) is 3.40. The summed E-state index contributed by atoms with van der Waals surface area (Å²) in [5.41, 5.74) is 4.83. The van der Waals surface area contributed by atoms with Gasteiger partial charge in [-0.05, 0) is 35.6 Å². The Morgan fingerprint density at radius 3 is 2.11 bits per heavy atom. The number of rotatable bonds is 3. The van der Waals surface area contributed by atoms with E-state index in [9.17, 15) is 0 Å². The van der Waals surface area contributed by atoms with Gasteiger partial charge in [-0.1, -0.05) is 71.7 Å². The Labute approximate surface area is 128 Å². The molecule has 19 heavy (non-hydrogen) atoms. The number of aryl methyl sites for hydroxylation is 1. The lowest BCUT2D eigenvalue weighted by molar-refractivity contribution is 0.865. The van der Waals surface area contributed by atoms with Crippen LogP contribution in [0.15, 0.2) is 46.9 Å². The Bertz CT molecular complexity index is 558. The van der Waals surface area contributed by atoms with Gasteiger partial charge >= 0.3 is 0 Å². The zero-order chi connectivity index (χ0) is 14.0. The topological polar surface area (TPSA) is 0 Å². The quantitative estimate of drug-likeness (QED) is 0.584. The SMILES string of the molecule is Cc1ccc(Br)c(C(Cl)c2ccc(C(C)C)cc2)c1. The molecule has 0 nitrogen and oxygen atoms in total. The first kappa shape index (κ1) is 14.6. The molecule has 0 heterocycles. The van der Waals surface area contributed by atoms with Crippen molar-refractivity contribution in [2.75, 3.05) is 0 Å². The van der Waals surface area contributed by atoms with Gasteiger partial charge in [0.2, 0.25) is 0 Å². The van der Waals surface area contributed by atoms with Crippen molar-refractivity contribution in [3.8, 4) is 0 Å². The Morgan fingerprint density at radius 1 is 0.947 bits per heavy atom. The van der Waals surface area contributed by atoms with Crippen LogP contribution in [0, 0.1) is 6.92 Å². The first-order valence-corrected chi connectivity index (χ1v) is 7.72. The average Bonchev–Trinajstić information content (AvgIpc) is 2.41. The van der Waals surface area contributed by atoms with Crippen LogP contribution >= 0.6 is 27.5 Å². The fraction of sp³-hybridized carbons (Fsp3) is 0.294. The Morgan fingerprint density at radius 2 is 1.53 bits per heavy atom. The van der Waals surface area contributed by atoms with E-state index in [2.05, 4.69) is 79.2 Å². The number of hydrogen-bond acceptors (Lipinski definition) is 0. The van der Waals surface area contributed by atoms with E-state index in [-0.39, 0.29) is 5.38 Å². The average molecular weight is 338 g/mol. The molecule has 0 saturated carbocycles. The van der Waals surface area contributed by atoms with Crippen molar-refractivity contribution in [2.45, 2.75) is 32.1 Å². The monoisotopic (exact) mass is 336 g/mol. The van der Waals surface area contributed by atoms with Gasteiger partial charge in [0, 0.05) is 4.47 Å². The standard InChI is InChI=1S/C17H18BrCl/c1-11(2)13-5-7-14(8-6-13)17(19)15-10-12(3)4-9-16(15)18/h4-11,17H,1-3H3. The van der Waals surface area contributed by atoms with Gasteiger partial charge in [-0.25, -0.2) is 0 Å². The van der Waals surface area contributed by atoms with Gasteiger partial charge in [0.15, 0.2) is 0 Å². The van der Waals surface area contributed by atoms with Crippen LogP contribution in [-0.2, 0) is 0 Å². The molecule has 0 N–H and O–H groups in total. The van der Waals surface area contributed by atoms with Crippen LogP contribution in [0.5, 0.6) is 0 Å². The molecule has 2 heteroatoms. The molecule has 0 aliphatic heterocycles. The summed E-state index contributed by atoms with van der Waals surface area (Å²) in [6.07, 6.45) is 0. The summed E-state index contributed by atoms with van der Waals surface area (Å²) in [4.78, 5) is 0. The van der Waals surface area contributed by atoms with Crippen molar-refractivity contribution < 1.29 is 0 Å².